The minimum absolute atomic E-state index is 0. The monoisotopic (exact) mass is 1700 g/mol. The summed E-state index contributed by atoms with van der Waals surface area (Å²) in [7, 11) is 0. The van der Waals surface area contributed by atoms with E-state index < -0.39 is 23.9 Å². The number of aromatic nitrogens is 6. The van der Waals surface area contributed by atoms with Gasteiger partial charge >= 0.3 is 64.1 Å². The number of hydrogen-bond donors (Lipinski definition) is 0. The molecule has 0 bridgehead atoms. The van der Waals surface area contributed by atoms with Crippen LogP contribution in [0.25, 0.3) is 112 Å². The standard InChI is InChI=1S/C88H50N6O8.2Ir/c95-85(99-71-37-29-59(30-38-71)79-17-5-9-45-89-79)67-49-65(50-68(53-67)86(96)100-72-39-31-60(32-40-72)80-18-6-10-46-90-80)77-15-3-1-13-75(77)57-21-25-63(26-22-57)83-55-84(94-56-93-83)64-27-23-58(24-28-64)76-14-2-4-16-78(76)66-51-69(87(97)101-73-41-33-61(34-42-73)81-19-7-11-47-91-81)54-70(52-66)88(98)102-74-43-35-62(36-44-74)82-20-8-12-48-92-82;;/h1-25,27,29,31,33,35,37-56H;;/q-6;2*+3. The predicted octanol–water partition coefficient (Wildman–Crippen LogP) is 18.4. The molecule has 0 amide bonds. The zero-order valence-corrected chi connectivity index (χ0v) is 59.3. The number of benzene rings is 10. The molecule has 0 unspecified atom stereocenters. The average molecular weight is 1700 g/mol. The van der Waals surface area contributed by atoms with Gasteiger partial charge in [0.15, 0.2) is 0 Å². The molecule has 0 aliphatic carbocycles. The Balaban J connectivity index is 0.00000481. The molecule has 15 rings (SSSR count). The van der Waals surface area contributed by atoms with Crippen molar-refractivity contribution in [3.8, 4) is 135 Å². The third-order valence-corrected chi connectivity index (χ3v) is 16.5. The van der Waals surface area contributed by atoms with E-state index in [1.165, 1.54) is 18.5 Å². The van der Waals surface area contributed by atoms with Gasteiger partial charge in [0.1, 0.15) is 0 Å². The number of esters is 4. The molecule has 16 heteroatoms. The summed E-state index contributed by atoms with van der Waals surface area (Å²) < 4.78 is 23.6. The Morgan fingerprint density at radius 3 is 0.750 bits per heavy atom. The van der Waals surface area contributed by atoms with Crippen molar-refractivity contribution in [1.29, 1.82) is 0 Å². The smallest absolute Gasteiger partial charge is 0.471 e. The van der Waals surface area contributed by atoms with Crippen LogP contribution < -0.4 is 18.9 Å². The van der Waals surface area contributed by atoms with Crippen molar-refractivity contribution < 1.29 is 78.3 Å². The molecule has 0 atom stereocenters. The average Bonchev–Trinajstić information content (AvgIpc) is 0.791. The Morgan fingerprint density at radius 1 is 0.240 bits per heavy atom. The van der Waals surface area contributed by atoms with E-state index in [0.29, 0.717) is 67.5 Å². The van der Waals surface area contributed by atoms with Crippen molar-refractivity contribution in [3.05, 3.63) is 363 Å². The summed E-state index contributed by atoms with van der Waals surface area (Å²) in [6.07, 6.45) is 8.27. The molecule has 14 nitrogen and oxygen atoms in total. The normalized spacial score (nSPS) is 10.7. The molecule has 5 heterocycles. The maximum absolute atomic E-state index is 14.2. The molecule has 0 radical (unpaired) electrons. The van der Waals surface area contributed by atoms with E-state index in [9.17, 15) is 19.2 Å². The fourth-order valence-corrected chi connectivity index (χ4v) is 11.5. The quantitative estimate of drug-likeness (QED) is 0.0449. The SMILES string of the molecule is O=C(Oc1c[c-]c(-c2ccccn2)cc1)c1cc(C(=O)Oc2c[c-]c(-c3ccccn3)cc2)cc(-c2ccccc2-c2c[c-]c(-c3cc(-c4[c-]cc(-c5ccccc5-c5cc(C(=O)Oc6c[c-]c(-c7ccccn7)cc6)cc(C(=O)Oc6c[c-]c(-c7ccccn7)cc6)c5)cc4)ncn3)cc2)c1.[Ir+3].[Ir+3]. The van der Waals surface area contributed by atoms with Gasteiger partial charge < -0.3 is 38.9 Å². The van der Waals surface area contributed by atoms with Crippen molar-refractivity contribution in [3.63, 3.8) is 0 Å². The minimum atomic E-state index is -0.702. The van der Waals surface area contributed by atoms with Gasteiger partial charge in [-0.05, 0) is 117 Å². The van der Waals surface area contributed by atoms with Crippen LogP contribution in [0.4, 0.5) is 0 Å². The molecule has 5 aromatic heterocycles. The molecular weight excluding hydrogens is 1650 g/mol. The number of ether oxygens (including phenoxy) is 4. The molecule has 0 spiro atoms. The van der Waals surface area contributed by atoms with Gasteiger partial charge in [-0.2, -0.15) is 0 Å². The van der Waals surface area contributed by atoms with Crippen LogP contribution in [0, 0.1) is 36.4 Å². The Kier molecular flexibility index (Phi) is 21.5. The first-order chi connectivity index (χ1) is 50.1. The maximum Gasteiger partial charge on any atom is 3.00 e. The molecule has 0 aliphatic rings. The predicted molar refractivity (Wildman–Crippen MR) is 386 cm³/mol. The van der Waals surface area contributed by atoms with E-state index in [1.807, 2.05) is 164 Å². The van der Waals surface area contributed by atoms with Gasteiger partial charge in [-0.1, -0.05) is 125 Å². The van der Waals surface area contributed by atoms with E-state index >= 15 is 0 Å². The molecule has 10 aromatic carbocycles. The Labute approximate surface area is 625 Å². The zero-order chi connectivity index (χ0) is 69.1. The first-order valence-electron chi connectivity index (χ1n) is 32.1. The second-order valence-corrected chi connectivity index (χ2v) is 23.1. The van der Waals surface area contributed by atoms with Crippen LogP contribution >= 0.6 is 0 Å². The van der Waals surface area contributed by atoms with Crippen LogP contribution in [0.15, 0.2) is 304 Å². The van der Waals surface area contributed by atoms with Crippen LogP contribution in [-0.2, 0) is 40.2 Å². The number of hydrogen-bond acceptors (Lipinski definition) is 14. The van der Waals surface area contributed by atoms with Gasteiger partial charge in [-0.15, -0.1) is 179 Å². The van der Waals surface area contributed by atoms with Crippen LogP contribution in [0.3, 0.4) is 0 Å². The van der Waals surface area contributed by atoms with Gasteiger partial charge in [-0.25, -0.2) is 19.2 Å². The number of nitrogens with zero attached hydrogens (tertiary/aromatic N) is 6. The molecule has 0 saturated heterocycles. The van der Waals surface area contributed by atoms with E-state index in [1.54, 1.807) is 122 Å². The fraction of sp³-hybridized carbons (Fsp3) is 0. The van der Waals surface area contributed by atoms with E-state index in [4.69, 9.17) is 18.9 Å². The Hall–Kier alpha value is -12.9. The van der Waals surface area contributed by atoms with Gasteiger partial charge in [0.2, 0.25) is 0 Å². The summed E-state index contributed by atoms with van der Waals surface area (Å²) in [5.41, 5.74) is 14.5. The van der Waals surface area contributed by atoms with Crippen molar-refractivity contribution in [2.24, 2.45) is 0 Å². The van der Waals surface area contributed by atoms with Gasteiger partial charge in [-0.3, -0.25) is 9.97 Å². The molecule has 0 N–H and O–H groups in total. The van der Waals surface area contributed by atoms with Crippen molar-refractivity contribution in [1.82, 2.24) is 29.9 Å². The Morgan fingerprint density at radius 2 is 0.500 bits per heavy atom. The summed E-state index contributed by atoms with van der Waals surface area (Å²) in [4.78, 5) is 83.6. The molecule has 0 saturated carbocycles. The van der Waals surface area contributed by atoms with E-state index in [2.05, 4.69) is 66.3 Å². The van der Waals surface area contributed by atoms with E-state index in [-0.39, 0.29) is 85.5 Å². The number of carbonyl (C=O) groups is 4. The second-order valence-electron chi connectivity index (χ2n) is 23.1. The molecule has 15 aromatic rings. The van der Waals surface area contributed by atoms with Crippen LogP contribution in [-0.4, -0.2) is 53.8 Å². The van der Waals surface area contributed by atoms with Crippen molar-refractivity contribution in [2.75, 3.05) is 0 Å². The largest absolute Gasteiger partial charge is 3.00 e. The van der Waals surface area contributed by atoms with Crippen LogP contribution in [0.2, 0.25) is 0 Å². The number of rotatable bonds is 18. The van der Waals surface area contributed by atoms with Crippen molar-refractivity contribution >= 4 is 23.9 Å². The molecular formula is C88H50Ir2N6O8. The van der Waals surface area contributed by atoms with Crippen molar-refractivity contribution in [2.45, 2.75) is 0 Å². The summed E-state index contributed by atoms with van der Waals surface area (Å²) in [6, 6.07) is 100. The summed E-state index contributed by atoms with van der Waals surface area (Å²) in [5.74, 6) is -1.81. The summed E-state index contributed by atoms with van der Waals surface area (Å²) in [6.45, 7) is 0. The van der Waals surface area contributed by atoms with Gasteiger partial charge in [0.25, 0.3) is 0 Å². The second kappa shape index (κ2) is 32.1. The summed E-state index contributed by atoms with van der Waals surface area (Å²) >= 11 is 0. The third-order valence-electron chi connectivity index (χ3n) is 16.5. The zero-order valence-electron chi connectivity index (χ0n) is 54.5. The molecule has 0 fully saturated rings. The summed E-state index contributed by atoms with van der Waals surface area (Å²) in [5, 5.41) is 0. The molecule has 498 valence electrons. The first kappa shape index (κ1) is 69.5. The van der Waals surface area contributed by atoms with Gasteiger partial charge in [0, 0.05) is 47.8 Å². The molecule has 104 heavy (non-hydrogen) atoms. The third kappa shape index (κ3) is 16.1. The number of carbonyl (C=O) groups excluding carboxylic acids is 4. The van der Waals surface area contributed by atoms with Crippen LogP contribution in [0.5, 0.6) is 23.0 Å². The van der Waals surface area contributed by atoms with E-state index in [0.717, 1.165) is 44.5 Å². The first-order valence-corrected chi connectivity index (χ1v) is 32.1. The maximum atomic E-state index is 14.2. The molecule has 0 aliphatic heterocycles. The van der Waals surface area contributed by atoms with Gasteiger partial charge in [0.05, 0.1) is 28.6 Å². The fourth-order valence-electron chi connectivity index (χ4n) is 11.5. The minimum Gasteiger partial charge on any atom is -0.471 e. The Bertz CT molecular complexity index is 4980. The number of pyridine rings is 4. The topological polar surface area (TPSA) is 183 Å². The van der Waals surface area contributed by atoms with Crippen LogP contribution in [0.1, 0.15) is 41.4 Å².